The predicted molar refractivity (Wildman–Crippen MR) is 123 cm³/mol. The minimum Gasteiger partial charge on any atom is -0.343 e. The highest BCUT2D eigenvalue weighted by Crippen LogP contribution is 2.36. The smallest absolute Gasteiger partial charge is 0.343 e. The summed E-state index contributed by atoms with van der Waals surface area (Å²) in [5.41, 5.74) is 0.785. The summed E-state index contributed by atoms with van der Waals surface area (Å²) in [7, 11) is 0. The molecule has 184 valence electrons. The molecule has 0 atom stereocenters. The average molecular weight is 485 g/mol. The fraction of sp³-hybridized carbons (Fsp3) is 0.423. The average Bonchev–Trinajstić information content (AvgIpc) is 2.84. The highest BCUT2D eigenvalue weighted by Gasteiger charge is 2.36. The molecule has 0 unspecified atom stereocenters. The third kappa shape index (κ3) is 5.82. The molecule has 1 saturated carbocycles. The van der Waals surface area contributed by atoms with Gasteiger partial charge in [0.1, 0.15) is 0 Å². The maximum absolute atomic E-state index is 13.1. The van der Waals surface area contributed by atoms with E-state index < -0.39 is 17.6 Å². The molecule has 2 aliphatic rings. The van der Waals surface area contributed by atoms with Crippen LogP contribution in [0.15, 0.2) is 48.5 Å². The first-order valence-electron chi connectivity index (χ1n) is 11.7. The molecular weight excluding hydrogens is 457 g/mol. The lowest BCUT2D eigenvalue weighted by Gasteiger charge is -2.45. The van der Waals surface area contributed by atoms with E-state index in [1.54, 1.807) is 0 Å². The van der Waals surface area contributed by atoms with E-state index >= 15 is 0 Å². The first-order valence-corrected chi connectivity index (χ1v) is 11.7. The van der Waals surface area contributed by atoms with E-state index in [0.29, 0.717) is 24.6 Å². The first kappa shape index (κ1) is 24.7. The van der Waals surface area contributed by atoms with E-state index in [-0.39, 0.29) is 30.1 Å². The summed E-state index contributed by atoms with van der Waals surface area (Å²) in [5, 5.41) is 14.7. The maximum atomic E-state index is 13.1. The molecule has 35 heavy (non-hydrogen) atoms. The minimum atomic E-state index is -4.54. The Labute approximate surface area is 202 Å². The Balaban J connectivity index is 1.36. The van der Waals surface area contributed by atoms with Crippen molar-refractivity contribution in [1.82, 2.24) is 15.5 Å². The standard InChI is InChI=1S/C26H27F3N4O2/c27-26(28,29)21-3-1-2-20(12-21)25(35)32-16-24(34)33(23-14-31-15-23)22-10-8-19(9-11-22)18-6-4-17(13-30)5-7-18/h1-7,12,19,22-23,31H,8-11,14-16H2,(H,32,35). The molecule has 2 fully saturated rings. The summed E-state index contributed by atoms with van der Waals surface area (Å²) >= 11 is 0. The van der Waals surface area contributed by atoms with Gasteiger partial charge >= 0.3 is 6.18 Å². The number of carbonyl (C=O) groups is 2. The molecule has 4 rings (SSSR count). The molecule has 9 heteroatoms. The van der Waals surface area contributed by atoms with E-state index in [2.05, 4.69) is 16.7 Å². The number of carbonyl (C=O) groups excluding carboxylic acids is 2. The van der Waals surface area contributed by atoms with Gasteiger partial charge in [0, 0.05) is 24.7 Å². The van der Waals surface area contributed by atoms with Crippen molar-refractivity contribution < 1.29 is 22.8 Å². The van der Waals surface area contributed by atoms with Crippen molar-refractivity contribution in [3.05, 3.63) is 70.8 Å². The monoisotopic (exact) mass is 484 g/mol. The van der Waals surface area contributed by atoms with Gasteiger partial charge in [0.05, 0.1) is 29.8 Å². The highest BCUT2D eigenvalue weighted by atomic mass is 19.4. The number of amides is 2. The van der Waals surface area contributed by atoms with Crippen LogP contribution in [0.25, 0.3) is 0 Å². The van der Waals surface area contributed by atoms with E-state index in [1.807, 2.05) is 29.2 Å². The van der Waals surface area contributed by atoms with E-state index in [9.17, 15) is 22.8 Å². The molecular formula is C26H27F3N4O2. The quantitative estimate of drug-likeness (QED) is 0.653. The highest BCUT2D eigenvalue weighted by molar-refractivity contribution is 5.96. The molecule has 2 aromatic carbocycles. The lowest BCUT2D eigenvalue weighted by atomic mass is 9.80. The molecule has 0 spiro atoms. The largest absolute Gasteiger partial charge is 0.416 e. The Kier molecular flexibility index (Phi) is 7.41. The summed E-state index contributed by atoms with van der Waals surface area (Å²) in [4.78, 5) is 27.4. The fourth-order valence-corrected chi connectivity index (χ4v) is 4.88. The van der Waals surface area contributed by atoms with Crippen LogP contribution in [0.3, 0.4) is 0 Å². The number of nitrogens with one attached hydrogen (secondary N) is 2. The minimum absolute atomic E-state index is 0.0458. The van der Waals surface area contributed by atoms with Crippen LogP contribution < -0.4 is 10.6 Å². The number of benzene rings is 2. The molecule has 2 N–H and O–H groups in total. The fourth-order valence-electron chi connectivity index (χ4n) is 4.88. The van der Waals surface area contributed by atoms with Gasteiger partial charge in [-0.25, -0.2) is 0 Å². The second kappa shape index (κ2) is 10.5. The van der Waals surface area contributed by atoms with Gasteiger partial charge in [-0.3, -0.25) is 9.59 Å². The third-order valence-corrected chi connectivity index (χ3v) is 6.89. The van der Waals surface area contributed by atoms with Gasteiger partial charge in [-0.15, -0.1) is 0 Å². The number of halogens is 3. The van der Waals surface area contributed by atoms with E-state index in [0.717, 1.165) is 37.8 Å². The Bertz CT molecular complexity index is 1100. The van der Waals surface area contributed by atoms with Crippen molar-refractivity contribution in [1.29, 1.82) is 5.26 Å². The van der Waals surface area contributed by atoms with Crippen LogP contribution in [0, 0.1) is 11.3 Å². The zero-order valence-electron chi connectivity index (χ0n) is 19.1. The predicted octanol–water partition coefficient (Wildman–Crippen LogP) is 3.83. The summed E-state index contributed by atoms with van der Waals surface area (Å²) in [6.07, 6.45) is -1.06. The van der Waals surface area contributed by atoms with Crippen molar-refractivity contribution in [2.75, 3.05) is 19.6 Å². The molecule has 2 aromatic rings. The van der Waals surface area contributed by atoms with Gasteiger partial charge in [0.2, 0.25) is 5.91 Å². The van der Waals surface area contributed by atoms with Gasteiger partial charge in [-0.05, 0) is 67.5 Å². The van der Waals surface area contributed by atoms with Crippen LogP contribution in [0.1, 0.15) is 58.6 Å². The Morgan fingerprint density at radius 1 is 1.03 bits per heavy atom. The molecule has 0 bridgehead atoms. The van der Waals surface area contributed by atoms with Crippen molar-refractivity contribution in [2.45, 2.75) is 49.9 Å². The van der Waals surface area contributed by atoms with Crippen molar-refractivity contribution in [3.63, 3.8) is 0 Å². The van der Waals surface area contributed by atoms with E-state index in [1.165, 1.54) is 17.7 Å². The first-order chi connectivity index (χ1) is 16.8. The molecule has 1 heterocycles. The molecule has 1 aliphatic carbocycles. The normalized spacial score (nSPS) is 20.4. The molecule has 0 aromatic heterocycles. The van der Waals surface area contributed by atoms with Crippen LogP contribution >= 0.6 is 0 Å². The maximum Gasteiger partial charge on any atom is 0.416 e. The van der Waals surface area contributed by atoms with Crippen LogP contribution in [-0.4, -0.2) is 48.4 Å². The van der Waals surface area contributed by atoms with Crippen molar-refractivity contribution in [3.8, 4) is 6.07 Å². The number of rotatable bonds is 6. The van der Waals surface area contributed by atoms with Crippen LogP contribution in [0.2, 0.25) is 0 Å². The van der Waals surface area contributed by atoms with Crippen LogP contribution in [0.4, 0.5) is 13.2 Å². The summed E-state index contributed by atoms with van der Waals surface area (Å²) in [6, 6.07) is 14.0. The summed E-state index contributed by atoms with van der Waals surface area (Å²) in [5.74, 6) is -0.560. The Morgan fingerprint density at radius 3 is 2.29 bits per heavy atom. The van der Waals surface area contributed by atoms with Crippen LogP contribution in [-0.2, 0) is 11.0 Å². The van der Waals surface area contributed by atoms with Gasteiger partial charge in [-0.2, -0.15) is 18.4 Å². The SMILES string of the molecule is N#Cc1ccc(C2CCC(N(C(=O)CNC(=O)c3cccc(C(F)(F)F)c3)C3CNC3)CC2)cc1. The molecule has 6 nitrogen and oxygen atoms in total. The molecule has 2 amide bonds. The van der Waals surface area contributed by atoms with Crippen LogP contribution in [0.5, 0.6) is 0 Å². The number of nitrogens with zero attached hydrogens (tertiary/aromatic N) is 2. The van der Waals surface area contributed by atoms with E-state index in [4.69, 9.17) is 5.26 Å². The molecule has 0 radical (unpaired) electrons. The lowest BCUT2D eigenvalue weighted by molar-refractivity contribution is -0.138. The van der Waals surface area contributed by atoms with Gasteiger partial charge in [0.25, 0.3) is 5.91 Å². The lowest BCUT2D eigenvalue weighted by Crippen LogP contribution is -2.63. The Hall–Kier alpha value is -3.38. The van der Waals surface area contributed by atoms with Gasteiger partial charge in [0.15, 0.2) is 0 Å². The Morgan fingerprint density at radius 2 is 1.71 bits per heavy atom. The van der Waals surface area contributed by atoms with Crippen molar-refractivity contribution >= 4 is 11.8 Å². The zero-order chi connectivity index (χ0) is 25.0. The third-order valence-electron chi connectivity index (χ3n) is 6.89. The number of hydrogen-bond acceptors (Lipinski definition) is 4. The second-order valence-electron chi connectivity index (χ2n) is 9.11. The number of alkyl halides is 3. The zero-order valence-corrected chi connectivity index (χ0v) is 19.1. The molecule has 1 aliphatic heterocycles. The van der Waals surface area contributed by atoms with Gasteiger partial charge in [-0.1, -0.05) is 18.2 Å². The van der Waals surface area contributed by atoms with Crippen molar-refractivity contribution in [2.24, 2.45) is 0 Å². The number of hydrogen-bond donors (Lipinski definition) is 2. The topological polar surface area (TPSA) is 85.2 Å². The second-order valence-corrected chi connectivity index (χ2v) is 9.11. The number of nitriles is 1. The summed E-state index contributed by atoms with van der Waals surface area (Å²) in [6.45, 7) is 1.10. The van der Waals surface area contributed by atoms with Gasteiger partial charge < -0.3 is 15.5 Å². The molecule has 1 saturated heterocycles. The summed E-state index contributed by atoms with van der Waals surface area (Å²) < 4.78 is 38.9.